The van der Waals surface area contributed by atoms with Gasteiger partial charge >= 0.3 is 0 Å². The highest BCUT2D eigenvalue weighted by Crippen LogP contribution is 2.18. The Morgan fingerprint density at radius 3 is 1.95 bits per heavy atom. The Balaban J connectivity index is 1.81. The van der Waals surface area contributed by atoms with Crippen LogP contribution in [0.15, 0.2) is 95.9 Å². The lowest BCUT2D eigenvalue weighted by Crippen LogP contribution is -2.52. The maximum Gasteiger partial charge on any atom is 0.243 e. The predicted octanol–water partition coefficient (Wildman–Crippen LogP) is 4.64. The van der Waals surface area contributed by atoms with Crippen molar-refractivity contribution >= 4 is 21.8 Å². The molecule has 0 aliphatic carbocycles. The van der Waals surface area contributed by atoms with E-state index in [1.807, 2.05) is 74.5 Å². The molecule has 3 aromatic rings. The van der Waals surface area contributed by atoms with E-state index in [1.54, 1.807) is 35.2 Å². The smallest absolute Gasteiger partial charge is 0.243 e. The molecule has 0 saturated carbocycles. The number of nitrogens with zero attached hydrogens (tertiary/aromatic N) is 2. The molecule has 0 heterocycles. The molecule has 0 bridgehead atoms. The molecule has 0 saturated heterocycles. The van der Waals surface area contributed by atoms with Crippen molar-refractivity contribution in [3.8, 4) is 0 Å². The highest BCUT2D eigenvalue weighted by Gasteiger charge is 2.31. The van der Waals surface area contributed by atoms with Crippen LogP contribution in [0.25, 0.3) is 0 Å². The van der Waals surface area contributed by atoms with Crippen LogP contribution in [0.5, 0.6) is 0 Å². The van der Waals surface area contributed by atoms with Gasteiger partial charge in [-0.3, -0.25) is 9.59 Å². The van der Waals surface area contributed by atoms with Crippen LogP contribution >= 0.6 is 0 Å². The third-order valence-electron chi connectivity index (χ3n) is 6.78. The highest BCUT2D eigenvalue weighted by molar-refractivity contribution is 7.89. The van der Waals surface area contributed by atoms with E-state index in [1.165, 1.54) is 11.4 Å². The van der Waals surface area contributed by atoms with Crippen molar-refractivity contribution in [3.63, 3.8) is 0 Å². The molecule has 2 amide bonds. The monoisotopic (exact) mass is 549 g/mol. The second kappa shape index (κ2) is 14.6. The van der Waals surface area contributed by atoms with Crippen LogP contribution in [0.3, 0.4) is 0 Å². The van der Waals surface area contributed by atoms with Crippen LogP contribution in [0, 0.1) is 0 Å². The number of carbonyl (C=O) groups is 2. The van der Waals surface area contributed by atoms with Gasteiger partial charge in [0.05, 0.1) is 4.90 Å². The summed E-state index contributed by atoms with van der Waals surface area (Å²) < 4.78 is 27.1. The van der Waals surface area contributed by atoms with Gasteiger partial charge in [-0.05, 0) is 43.0 Å². The molecule has 3 aromatic carbocycles. The number of hydrogen-bond donors (Lipinski definition) is 1. The van der Waals surface area contributed by atoms with Gasteiger partial charge in [-0.1, -0.05) is 85.8 Å². The lowest BCUT2D eigenvalue weighted by atomic mass is 10.0. The van der Waals surface area contributed by atoms with E-state index in [2.05, 4.69) is 5.32 Å². The molecule has 0 fully saturated rings. The maximum absolute atomic E-state index is 13.7. The molecule has 39 heavy (non-hydrogen) atoms. The van der Waals surface area contributed by atoms with Gasteiger partial charge in [0.1, 0.15) is 6.04 Å². The van der Waals surface area contributed by atoms with E-state index in [-0.39, 0.29) is 42.3 Å². The molecule has 7 nitrogen and oxygen atoms in total. The second-order valence-corrected chi connectivity index (χ2v) is 11.8. The molecule has 0 aliphatic rings. The number of benzene rings is 3. The molecule has 0 spiro atoms. The SMILES string of the molecule is CC[C@H](C)NC(=O)[C@H](Cc1ccccc1)N(Cc1ccccc1)C(=O)CCCN(C)S(=O)(=O)c1ccccc1. The number of sulfonamides is 1. The lowest BCUT2D eigenvalue weighted by Gasteiger charge is -2.32. The van der Waals surface area contributed by atoms with Gasteiger partial charge in [0.2, 0.25) is 21.8 Å². The standard InChI is InChI=1S/C31H39N3O4S/c1-4-25(2)32-31(36)29(23-26-15-8-5-9-16-26)34(24-27-17-10-6-11-18-27)30(35)21-14-22-33(3)39(37,38)28-19-12-7-13-20-28/h5-13,15-20,25,29H,4,14,21-24H2,1-3H3,(H,32,36)/t25-,29-/m0/s1. The van der Waals surface area contributed by atoms with Crippen LogP contribution < -0.4 is 5.32 Å². The van der Waals surface area contributed by atoms with Gasteiger partial charge in [0.25, 0.3) is 0 Å². The van der Waals surface area contributed by atoms with Gasteiger partial charge in [0.15, 0.2) is 0 Å². The summed E-state index contributed by atoms with van der Waals surface area (Å²) in [6.45, 7) is 4.42. The minimum atomic E-state index is -3.65. The van der Waals surface area contributed by atoms with E-state index in [0.29, 0.717) is 12.8 Å². The van der Waals surface area contributed by atoms with Crippen LogP contribution in [0.4, 0.5) is 0 Å². The van der Waals surface area contributed by atoms with Gasteiger partial charge in [-0.15, -0.1) is 0 Å². The van der Waals surface area contributed by atoms with Crippen molar-refractivity contribution in [3.05, 3.63) is 102 Å². The maximum atomic E-state index is 13.7. The van der Waals surface area contributed by atoms with E-state index in [0.717, 1.165) is 17.5 Å². The molecular formula is C31H39N3O4S. The summed E-state index contributed by atoms with van der Waals surface area (Å²) >= 11 is 0. The van der Waals surface area contributed by atoms with Crippen molar-refractivity contribution in [2.24, 2.45) is 0 Å². The molecule has 8 heteroatoms. The molecule has 0 aliphatic heterocycles. The number of carbonyl (C=O) groups excluding carboxylic acids is 2. The Morgan fingerprint density at radius 1 is 0.846 bits per heavy atom. The first-order chi connectivity index (χ1) is 18.7. The van der Waals surface area contributed by atoms with Crippen molar-refractivity contribution in [1.82, 2.24) is 14.5 Å². The van der Waals surface area contributed by atoms with Crippen molar-refractivity contribution in [2.75, 3.05) is 13.6 Å². The average Bonchev–Trinajstić information content (AvgIpc) is 2.96. The zero-order valence-corrected chi connectivity index (χ0v) is 23.8. The lowest BCUT2D eigenvalue weighted by molar-refractivity contribution is -0.141. The van der Waals surface area contributed by atoms with Gasteiger partial charge in [0, 0.05) is 39.0 Å². The third-order valence-corrected chi connectivity index (χ3v) is 8.65. The Hall–Kier alpha value is -3.49. The van der Waals surface area contributed by atoms with E-state index < -0.39 is 16.1 Å². The van der Waals surface area contributed by atoms with Gasteiger partial charge in [-0.25, -0.2) is 12.7 Å². The molecule has 208 valence electrons. The minimum Gasteiger partial charge on any atom is -0.352 e. The fourth-order valence-corrected chi connectivity index (χ4v) is 5.49. The topological polar surface area (TPSA) is 86.8 Å². The number of amides is 2. The molecular weight excluding hydrogens is 510 g/mol. The number of rotatable bonds is 14. The average molecular weight is 550 g/mol. The minimum absolute atomic E-state index is 0.0266. The largest absolute Gasteiger partial charge is 0.352 e. The third kappa shape index (κ3) is 8.76. The Labute approximate surface area is 232 Å². The van der Waals surface area contributed by atoms with Crippen molar-refractivity contribution in [1.29, 1.82) is 0 Å². The van der Waals surface area contributed by atoms with Gasteiger partial charge in [-0.2, -0.15) is 0 Å². The van der Waals surface area contributed by atoms with Crippen LogP contribution in [0.1, 0.15) is 44.2 Å². The van der Waals surface area contributed by atoms with Gasteiger partial charge < -0.3 is 10.2 Å². The fourth-order valence-electron chi connectivity index (χ4n) is 4.26. The summed E-state index contributed by atoms with van der Waals surface area (Å²) in [5, 5.41) is 3.06. The second-order valence-electron chi connectivity index (χ2n) is 9.77. The molecule has 0 radical (unpaired) electrons. The van der Waals surface area contributed by atoms with E-state index in [9.17, 15) is 18.0 Å². The van der Waals surface area contributed by atoms with Crippen LogP contribution in [-0.4, -0.2) is 55.1 Å². The first kappa shape index (κ1) is 30.1. The zero-order chi connectivity index (χ0) is 28.3. The predicted molar refractivity (Wildman–Crippen MR) is 154 cm³/mol. The Kier molecular flexibility index (Phi) is 11.3. The molecule has 0 aromatic heterocycles. The Bertz CT molecular complexity index is 1290. The summed E-state index contributed by atoms with van der Waals surface area (Å²) in [7, 11) is -2.13. The van der Waals surface area contributed by atoms with Crippen molar-refractivity contribution < 1.29 is 18.0 Å². The quantitative estimate of drug-likeness (QED) is 0.317. The first-order valence-electron chi connectivity index (χ1n) is 13.4. The van der Waals surface area contributed by atoms with Crippen LogP contribution in [0.2, 0.25) is 0 Å². The summed E-state index contributed by atoms with van der Waals surface area (Å²) in [5.41, 5.74) is 1.88. The Morgan fingerprint density at radius 2 is 1.38 bits per heavy atom. The normalized spacial score (nSPS) is 13.0. The van der Waals surface area contributed by atoms with E-state index in [4.69, 9.17) is 0 Å². The molecule has 2 atom stereocenters. The highest BCUT2D eigenvalue weighted by atomic mass is 32.2. The summed E-state index contributed by atoms with van der Waals surface area (Å²) in [5.74, 6) is -0.383. The molecule has 1 N–H and O–H groups in total. The van der Waals surface area contributed by atoms with E-state index >= 15 is 0 Å². The van der Waals surface area contributed by atoms with Crippen molar-refractivity contribution in [2.45, 2.75) is 63.1 Å². The number of hydrogen-bond acceptors (Lipinski definition) is 4. The fraction of sp³-hybridized carbons (Fsp3) is 0.355. The first-order valence-corrected chi connectivity index (χ1v) is 14.9. The summed E-state index contributed by atoms with van der Waals surface area (Å²) in [6.07, 6.45) is 1.60. The molecule has 0 unspecified atom stereocenters. The van der Waals surface area contributed by atoms with Crippen LogP contribution in [-0.2, 0) is 32.6 Å². The summed E-state index contributed by atoms with van der Waals surface area (Å²) in [6, 6.07) is 26.8. The zero-order valence-electron chi connectivity index (χ0n) is 23.0. The number of nitrogens with one attached hydrogen (secondary N) is 1. The molecule has 3 rings (SSSR count). The summed E-state index contributed by atoms with van der Waals surface area (Å²) in [4.78, 5) is 29.1.